The fourth-order valence-corrected chi connectivity index (χ4v) is 4.45. The van der Waals surface area contributed by atoms with Crippen LogP contribution in [0.4, 0.5) is 0 Å². The summed E-state index contributed by atoms with van der Waals surface area (Å²) in [6.07, 6.45) is 3.81. The molecule has 0 bridgehead atoms. The topological polar surface area (TPSA) is 71.4 Å². The first kappa shape index (κ1) is 20.2. The highest BCUT2D eigenvalue weighted by Gasteiger charge is 2.22. The first-order chi connectivity index (χ1) is 13.5. The van der Waals surface area contributed by atoms with Crippen LogP contribution in [0.3, 0.4) is 0 Å². The summed E-state index contributed by atoms with van der Waals surface area (Å²) in [6.45, 7) is 7.54. The minimum Gasteiger partial charge on any atom is -0.490 e. The predicted molar refractivity (Wildman–Crippen MR) is 117 cm³/mol. The van der Waals surface area contributed by atoms with Crippen molar-refractivity contribution < 1.29 is 4.74 Å². The van der Waals surface area contributed by atoms with Crippen molar-refractivity contribution in [2.75, 3.05) is 0 Å². The zero-order valence-corrected chi connectivity index (χ0v) is 17.1. The molecule has 2 aromatic rings. The van der Waals surface area contributed by atoms with E-state index >= 15 is 0 Å². The van der Waals surface area contributed by atoms with Crippen molar-refractivity contribution in [1.29, 1.82) is 5.26 Å². The van der Waals surface area contributed by atoms with Crippen molar-refractivity contribution in [2.45, 2.75) is 44.6 Å². The van der Waals surface area contributed by atoms with Crippen molar-refractivity contribution in [3.05, 3.63) is 70.4 Å². The molecule has 1 aliphatic rings. The Morgan fingerprint density at radius 2 is 2.25 bits per heavy atom. The highest BCUT2D eigenvalue weighted by Crippen LogP contribution is 2.39. The monoisotopic (exact) mass is 391 g/mol. The molecule has 28 heavy (non-hydrogen) atoms. The fourth-order valence-electron chi connectivity index (χ4n) is 3.46. The lowest BCUT2D eigenvalue weighted by Crippen LogP contribution is -2.07. The molecule has 0 amide bonds. The average molecular weight is 392 g/mol. The van der Waals surface area contributed by atoms with Gasteiger partial charge in [-0.2, -0.15) is 5.26 Å². The number of nitrogens with zero attached hydrogens (tertiary/aromatic N) is 2. The van der Waals surface area contributed by atoms with Crippen LogP contribution in [0, 0.1) is 11.3 Å². The number of nitriles is 1. The van der Waals surface area contributed by atoms with Crippen molar-refractivity contribution >= 4 is 23.4 Å². The molecule has 0 saturated carbocycles. The van der Waals surface area contributed by atoms with Crippen LogP contribution in [0.15, 0.2) is 47.6 Å². The van der Waals surface area contributed by atoms with Gasteiger partial charge < -0.3 is 10.5 Å². The molecule has 144 valence electrons. The predicted octanol–water partition coefficient (Wildman–Crippen LogP) is 5.22. The lowest BCUT2D eigenvalue weighted by molar-refractivity contribution is 0.241. The molecule has 2 aromatic carbocycles. The number of thioether (sulfide) groups is 1. The second-order valence-electron chi connectivity index (χ2n) is 7.09. The number of hydrogen-bond donors (Lipinski definition) is 1. The molecule has 0 saturated heterocycles. The Hall–Kier alpha value is -2.55. The summed E-state index contributed by atoms with van der Waals surface area (Å²) in [5.74, 6) is 1.36. The first-order valence-electron chi connectivity index (χ1n) is 9.39. The number of rotatable bonds is 7. The Labute approximate surface area is 171 Å². The van der Waals surface area contributed by atoms with Crippen LogP contribution in [-0.4, -0.2) is 12.8 Å². The summed E-state index contributed by atoms with van der Waals surface area (Å²) in [5, 5.41) is 9.44. The van der Waals surface area contributed by atoms with Crippen LogP contribution >= 0.6 is 11.8 Å². The summed E-state index contributed by atoms with van der Waals surface area (Å²) in [4.78, 5) is 5.08. The standard InChI is InChI=1S/C23H25N3OS/c1-15(2)27-22-10-7-16(11-17(22)12-24)14-28-23(13-26-3)20-6-4-5-19-18(20)8-9-21(19)25/h4-7,10-11,13,15,21H,3,8-9,14,25H2,1-2H3/b23-13-. The molecule has 0 aromatic heterocycles. The Bertz CT molecular complexity index is 943. The van der Waals surface area contributed by atoms with Crippen LogP contribution in [0.25, 0.3) is 4.91 Å². The maximum atomic E-state index is 9.44. The Balaban J connectivity index is 1.82. The zero-order valence-electron chi connectivity index (χ0n) is 16.3. The molecule has 3 rings (SSSR count). The normalized spacial score (nSPS) is 16.0. The molecule has 0 aliphatic heterocycles. The van der Waals surface area contributed by atoms with Crippen LogP contribution in [0.5, 0.6) is 5.75 Å². The van der Waals surface area contributed by atoms with Gasteiger partial charge in [0.05, 0.1) is 11.7 Å². The third kappa shape index (κ3) is 4.46. The van der Waals surface area contributed by atoms with Gasteiger partial charge in [0.1, 0.15) is 11.8 Å². The summed E-state index contributed by atoms with van der Waals surface area (Å²) >= 11 is 1.69. The van der Waals surface area contributed by atoms with E-state index in [9.17, 15) is 5.26 Å². The van der Waals surface area contributed by atoms with Gasteiger partial charge in [0.15, 0.2) is 0 Å². The van der Waals surface area contributed by atoms with E-state index in [0.717, 1.165) is 29.1 Å². The molecule has 0 heterocycles. The molecular weight excluding hydrogens is 366 g/mol. The average Bonchev–Trinajstić information content (AvgIpc) is 3.07. The van der Waals surface area contributed by atoms with Gasteiger partial charge in [-0.05, 0) is 67.8 Å². The van der Waals surface area contributed by atoms with Gasteiger partial charge in [0.2, 0.25) is 0 Å². The molecule has 5 heteroatoms. The Kier molecular flexibility index (Phi) is 6.56. The van der Waals surface area contributed by atoms with Gasteiger partial charge >= 0.3 is 0 Å². The summed E-state index contributed by atoms with van der Waals surface area (Å²) in [7, 11) is 0. The molecule has 0 radical (unpaired) electrons. The van der Waals surface area contributed by atoms with E-state index in [1.54, 1.807) is 11.8 Å². The maximum absolute atomic E-state index is 9.44. The molecule has 1 unspecified atom stereocenters. The molecule has 2 N–H and O–H groups in total. The second-order valence-corrected chi connectivity index (χ2v) is 8.11. The van der Waals surface area contributed by atoms with Crippen LogP contribution in [0.2, 0.25) is 0 Å². The summed E-state index contributed by atoms with van der Waals surface area (Å²) < 4.78 is 5.71. The van der Waals surface area contributed by atoms with E-state index in [1.165, 1.54) is 16.7 Å². The maximum Gasteiger partial charge on any atom is 0.137 e. The fraction of sp³-hybridized carbons (Fsp3) is 0.304. The highest BCUT2D eigenvalue weighted by molar-refractivity contribution is 8.07. The van der Waals surface area contributed by atoms with Crippen molar-refractivity contribution in [2.24, 2.45) is 10.7 Å². The summed E-state index contributed by atoms with van der Waals surface area (Å²) in [5.41, 5.74) is 11.6. The molecule has 1 aliphatic carbocycles. The molecule has 0 spiro atoms. The van der Waals surface area contributed by atoms with Gasteiger partial charge in [-0.3, -0.25) is 4.99 Å². The quantitative estimate of drug-likeness (QED) is 0.657. The SMILES string of the molecule is C=N/C=C(\SCc1ccc(OC(C)C)c(C#N)c1)c1cccc2c1CCC2N. The smallest absolute Gasteiger partial charge is 0.137 e. The van der Waals surface area contributed by atoms with E-state index in [2.05, 4.69) is 36.0 Å². The van der Waals surface area contributed by atoms with Crippen LogP contribution < -0.4 is 10.5 Å². The van der Waals surface area contributed by atoms with Gasteiger partial charge in [-0.25, -0.2) is 0 Å². The lowest BCUT2D eigenvalue weighted by Gasteiger charge is -2.14. The number of nitrogens with two attached hydrogens (primary N) is 1. The third-order valence-corrected chi connectivity index (χ3v) is 5.83. The van der Waals surface area contributed by atoms with Crippen molar-refractivity contribution in [3.8, 4) is 11.8 Å². The van der Waals surface area contributed by atoms with E-state index < -0.39 is 0 Å². The largest absolute Gasteiger partial charge is 0.490 e. The van der Waals surface area contributed by atoms with Crippen molar-refractivity contribution in [3.63, 3.8) is 0 Å². The van der Waals surface area contributed by atoms with E-state index in [0.29, 0.717) is 11.3 Å². The number of ether oxygens (including phenoxy) is 1. The summed E-state index contributed by atoms with van der Waals surface area (Å²) in [6, 6.07) is 14.4. The minimum atomic E-state index is 0.0343. The third-order valence-electron chi connectivity index (χ3n) is 4.71. The van der Waals surface area contributed by atoms with Gasteiger partial charge in [-0.1, -0.05) is 24.3 Å². The lowest BCUT2D eigenvalue weighted by atomic mass is 10.0. The van der Waals surface area contributed by atoms with Gasteiger partial charge in [-0.15, -0.1) is 11.8 Å². The van der Waals surface area contributed by atoms with Crippen LogP contribution in [0.1, 0.15) is 54.1 Å². The van der Waals surface area contributed by atoms with Gasteiger partial charge in [0, 0.05) is 22.9 Å². The van der Waals surface area contributed by atoms with Crippen molar-refractivity contribution in [1.82, 2.24) is 0 Å². The van der Waals surface area contributed by atoms with Crippen LogP contribution in [-0.2, 0) is 12.2 Å². The molecule has 0 fully saturated rings. The first-order valence-corrected chi connectivity index (χ1v) is 10.4. The Morgan fingerprint density at radius 1 is 1.43 bits per heavy atom. The van der Waals surface area contributed by atoms with Gasteiger partial charge in [0.25, 0.3) is 0 Å². The minimum absolute atomic E-state index is 0.0343. The zero-order chi connectivity index (χ0) is 20.1. The number of aliphatic imine (C=N–C) groups is 1. The molecule has 1 atom stereocenters. The van der Waals surface area contributed by atoms with E-state index in [4.69, 9.17) is 10.5 Å². The Morgan fingerprint density at radius 3 is 2.96 bits per heavy atom. The van der Waals surface area contributed by atoms with E-state index in [1.807, 2.05) is 38.2 Å². The number of fused-ring (bicyclic) bond motifs is 1. The molecular formula is C23H25N3OS. The second kappa shape index (κ2) is 9.09. The molecule has 4 nitrogen and oxygen atoms in total. The van der Waals surface area contributed by atoms with E-state index in [-0.39, 0.29) is 12.1 Å². The highest BCUT2D eigenvalue weighted by atomic mass is 32.2. The number of benzene rings is 2. The number of hydrogen-bond acceptors (Lipinski definition) is 5.